The van der Waals surface area contributed by atoms with E-state index >= 15 is 0 Å². The second-order valence-electron chi connectivity index (χ2n) is 4.42. The van der Waals surface area contributed by atoms with Crippen LogP contribution in [-0.2, 0) is 4.74 Å². The average molecular weight is 243 g/mol. The Labute approximate surface area is 106 Å². The maximum absolute atomic E-state index is 5.27. The fraction of sp³-hybridized carbons (Fsp3) is 0.923. The number of guanidine groups is 1. The van der Waals surface area contributed by atoms with E-state index in [-0.39, 0.29) is 0 Å². The molecule has 0 fully saturated rings. The lowest BCUT2D eigenvalue weighted by atomic mass is 10.1. The van der Waals surface area contributed by atoms with Crippen LogP contribution in [0.15, 0.2) is 4.99 Å². The van der Waals surface area contributed by atoms with Crippen LogP contribution < -0.4 is 10.6 Å². The van der Waals surface area contributed by atoms with Crippen LogP contribution in [-0.4, -0.2) is 38.8 Å². The van der Waals surface area contributed by atoms with Gasteiger partial charge >= 0.3 is 0 Å². The number of hydrogen-bond acceptors (Lipinski definition) is 2. The highest BCUT2D eigenvalue weighted by Crippen LogP contribution is 2.02. The summed E-state index contributed by atoms with van der Waals surface area (Å²) >= 11 is 0. The molecular weight excluding hydrogens is 214 g/mol. The number of hydrogen-bond donors (Lipinski definition) is 2. The second-order valence-corrected chi connectivity index (χ2v) is 4.42. The Kier molecular flexibility index (Phi) is 11.2. The molecule has 102 valence electrons. The van der Waals surface area contributed by atoms with Crippen LogP contribution >= 0.6 is 0 Å². The topological polar surface area (TPSA) is 45.7 Å². The zero-order valence-corrected chi connectivity index (χ0v) is 11.9. The Balaban J connectivity index is 3.74. The third kappa shape index (κ3) is 11.5. The quantitative estimate of drug-likeness (QED) is 0.370. The van der Waals surface area contributed by atoms with Gasteiger partial charge in [0.1, 0.15) is 0 Å². The minimum atomic E-state index is 0.729. The molecule has 0 aliphatic heterocycles. The van der Waals surface area contributed by atoms with Gasteiger partial charge in [0.2, 0.25) is 0 Å². The molecule has 4 heteroatoms. The van der Waals surface area contributed by atoms with Crippen molar-refractivity contribution < 1.29 is 4.74 Å². The molecule has 0 saturated carbocycles. The molecule has 0 rings (SSSR count). The largest absolute Gasteiger partial charge is 0.380 e. The molecule has 0 unspecified atom stereocenters. The van der Waals surface area contributed by atoms with Crippen molar-refractivity contribution in [3.63, 3.8) is 0 Å². The lowest BCUT2D eigenvalue weighted by Gasteiger charge is -2.11. The summed E-state index contributed by atoms with van der Waals surface area (Å²) in [6.45, 7) is 12.7. The molecule has 2 N–H and O–H groups in total. The zero-order valence-electron chi connectivity index (χ0n) is 11.9. The smallest absolute Gasteiger partial charge is 0.191 e. The van der Waals surface area contributed by atoms with Gasteiger partial charge in [0.05, 0.1) is 6.61 Å². The van der Waals surface area contributed by atoms with Gasteiger partial charge in [-0.05, 0) is 32.6 Å². The molecule has 0 aliphatic rings. The summed E-state index contributed by atoms with van der Waals surface area (Å²) in [7, 11) is 0. The van der Waals surface area contributed by atoms with E-state index in [0.29, 0.717) is 0 Å². The molecule has 0 saturated heterocycles. The van der Waals surface area contributed by atoms with Crippen LogP contribution in [0.4, 0.5) is 0 Å². The van der Waals surface area contributed by atoms with Crippen LogP contribution in [0.2, 0.25) is 0 Å². The van der Waals surface area contributed by atoms with E-state index < -0.39 is 0 Å². The van der Waals surface area contributed by atoms with E-state index in [4.69, 9.17) is 4.74 Å². The SMILES string of the molecule is CCNC(=NCCCC(C)C)NCCOCC. The summed E-state index contributed by atoms with van der Waals surface area (Å²) in [6, 6.07) is 0. The predicted molar refractivity (Wildman–Crippen MR) is 74.5 cm³/mol. The summed E-state index contributed by atoms with van der Waals surface area (Å²) in [5.74, 6) is 1.66. The zero-order chi connectivity index (χ0) is 12.9. The van der Waals surface area contributed by atoms with Gasteiger partial charge in [-0.3, -0.25) is 4.99 Å². The first-order valence-corrected chi connectivity index (χ1v) is 6.80. The molecule has 0 aromatic rings. The minimum Gasteiger partial charge on any atom is -0.380 e. The molecule has 0 atom stereocenters. The summed E-state index contributed by atoms with van der Waals surface area (Å²) in [6.07, 6.45) is 2.39. The van der Waals surface area contributed by atoms with E-state index in [9.17, 15) is 0 Å². The summed E-state index contributed by atoms with van der Waals surface area (Å²) in [5.41, 5.74) is 0. The third-order valence-electron chi connectivity index (χ3n) is 2.30. The minimum absolute atomic E-state index is 0.729. The molecule has 0 aromatic carbocycles. The van der Waals surface area contributed by atoms with Gasteiger partial charge in [-0.2, -0.15) is 0 Å². The highest BCUT2D eigenvalue weighted by atomic mass is 16.5. The van der Waals surface area contributed by atoms with Gasteiger partial charge in [-0.25, -0.2) is 0 Å². The van der Waals surface area contributed by atoms with Gasteiger partial charge in [-0.15, -0.1) is 0 Å². The summed E-state index contributed by atoms with van der Waals surface area (Å²) < 4.78 is 5.27. The van der Waals surface area contributed by atoms with E-state index in [1.807, 2.05) is 6.92 Å². The standard InChI is InChI=1S/C13H29N3O/c1-5-14-13(16-10-11-17-6-2)15-9-7-8-12(3)4/h12H,5-11H2,1-4H3,(H2,14,15,16). The highest BCUT2D eigenvalue weighted by molar-refractivity contribution is 5.79. The van der Waals surface area contributed by atoms with Crippen molar-refractivity contribution in [3.8, 4) is 0 Å². The Morgan fingerprint density at radius 1 is 1.24 bits per heavy atom. The molecule has 0 heterocycles. The van der Waals surface area contributed by atoms with Crippen LogP contribution in [0.25, 0.3) is 0 Å². The summed E-state index contributed by atoms with van der Waals surface area (Å²) in [4.78, 5) is 4.52. The molecule has 0 radical (unpaired) electrons. The fourth-order valence-corrected chi connectivity index (χ4v) is 1.42. The molecule has 0 amide bonds. The van der Waals surface area contributed by atoms with Crippen molar-refractivity contribution in [3.05, 3.63) is 0 Å². The van der Waals surface area contributed by atoms with Crippen LogP contribution in [0, 0.1) is 5.92 Å². The maximum Gasteiger partial charge on any atom is 0.191 e. The normalized spacial score (nSPS) is 11.9. The molecule has 0 aliphatic carbocycles. The molecule has 0 aromatic heterocycles. The van der Waals surface area contributed by atoms with Crippen LogP contribution in [0.5, 0.6) is 0 Å². The maximum atomic E-state index is 5.27. The number of aliphatic imine (C=N–C) groups is 1. The van der Waals surface area contributed by atoms with Gasteiger partial charge < -0.3 is 15.4 Å². The molecule has 0 spiro atoms. The monoisotopic (exact) mass is 243 g/mol. The predicted octanol–water partition coefficient (Wildman–Crippen LogP) is 2.01. The fourth-order valence-electron chi connectivity index (χ4n) is 1.42. The second kappa shape index (κ2) is 11.7. The molecule has 17 heavy (non-hydrogen) atoms. The number of rotatable bonds is 9. The van der Waals surface area contributed by atoms with Crippen LogP contribution in [0.3, 0.4) is 0 Å². The highest BCUT2D eigenvalue weighted by Gasteiger charge is 1.97. The number of nitrogens with one attached hydrogen (secondary N) is 2. The van der Waals surface area contributed by atoms with Crippen molar-refractivity contribution in [2.75, 3.05) is 32.8 Å². The molecule has 0 bridgehead atoms. The Morgan fingerprint density at radius 2 is 2.00 bits per heavy atom. The van der Waals surface area contributed by atoms with Crippen molar-refractivity contribution in [1.29, 1.82) is 0 Å². The van der Waals surface area contributed by atoms with Crippen molar-refractivity contribution in [2.24, 2.45) is 10.9 Å². The Bertz CT molecular complexity index is 193. The first-order chi connectivity index (χ1) is 8.20. The average Bonchev–Trinajstić information content (AvgIpc) is 2.29. The van der Waals surface area contributed by atoms with E-state index in [1.54, 1.807) is 0 Å². The van der Waals surface area contributed by atoms with Gasteiger partial charge in [-0.1, -0.05) is 13.8 Å². The van der Waals surface area contributed by atoms with Crippen LogP contribution in [0.1, 0.15) is 40.5 Å². The summed E-state index contributed by atoms with van der Waals surface area (Å²) in [5, 5.41) is 6.49. The van der Waals surface area contributed by atoms with Gasteiger partial charge in [0.15, 0.2) is 5.96 Å². The van der Waals surface area contributed by atoms with E-state index in [0.717, 1.165) is 51.1 Å². The third-order valence-corrected chi connectivity index (χ3v) is 2.30. The van der Waals surface area contributed by atoms with Gasteiger partial charge in [0, 0.05) is 26.2 Å². The lowest BCUT2D eigenvalue weighted by molar-refractivity contribution is 0.152. The molecular formula is C13H29N3O. The van der Waals surface area contributed by atoms with Crippen molar-refractivity contribution >= 4 is 5.96 Å². The van der Waals surface area contributed by atoms with Gasteiger partial charge in [0.25, 0.3) is 0 Å². The Morgan fingerprint density at radius 3 is 2.59 bits per heavy atom. The first-order valence-electron chi connectivity index (χ1n) is 6.80. The molecule has 4 nitrogen and oxygen atoms in total. The Hall–Kier alpha value is -0.770. The number of nitrogens with zero attached hydrogens (tertiary/aromatic N) is 1. The number of ether oxygens (including phenoxy) is 1. The lowest BCUT2D eigenvalue weighted by Crippen LogP contribution is -2.39. The van der Waals surface area contributed by atoms with E-state index in [1.165, 1.54) is 6.42 Å². The van der Waals surface area contributed by atoms with Crippen molar-refractivity contribution in [2.45, 2.75) is 40.5 Å². The first kappa shape index (κ1) is 16.2. The van der Waals surface area contributed by atoms with E-state index in [2.05, 4.69) is 36.4 Å². The van der Waals surface area contributed by atoms with Crippen molar-refractivity contribution in [1.82, 2.24) is 10.6 Å².